The number of aliphatic carboxylic acids is 1. The smallest absolute Gasteiger partial charge is 0.303 e. The molecular formula is C14H14FNO4. The number of hydrogen-bond acceptors (Lipinski definition) is 3. The van der Waals surface area contributed by atoms with E-state index in [9.17, 15) is 18.8 Å². The Bertz CT molecular complexity index is 583. The Morgan fingerprint density at radius 2 is 2.00 bits per heavy atom. The van der Waals surface area contributed by atoms with Crippen LogP contribution >= 0.6 is 0 Å². The summed E-state index contributed by atoms with van der Waals surface area (Å²) in [4.78, 5) is 33.5. The number of carboxylic acids is 1. The molecule has 0 unspecified atom stereocenters. The van der Waals surface area contributed by atoms with Gasteiger partial charge in [0.25, 0.3) is 0 Å². The number of hydrogen-bond donors (Lipinski definition) is 2. The number of aryl methyl sites for hydroxylation is 1. The van der Waals surface area contributed by atoms with E-state index >= 15 is 0 Å². The van der Waals surface area contributed by atoms with Crippen LogP contribution in [0.2, 0.25) is 0 Å². The van der Waals surface area contributed by atoms with Crippen molar-refractivity contribution < 1.29 is 23.9 Å². The largest absolute Gasteiger partial charge is 0.481 e. The zero-order chi connectivity index (χ0) is 14.7. The summed E-state index contributed by atoms with van der Waals surface area (Å²) in [5.74, 6) is -2.25. The van der Waals surface area contributed by atoms with Gasteiger partial charge in [-0.2, -0.15) is 0 Å². The Morgan fingerprint density at radius 1 is 1.25 bits per heavy atom. The van der Waals surface area contributed by atoms with Crippen molar-refractivity contribution in [1.82, 2.24) is 0 Å². The summed E-state index contributed by atoms with van der Waals surface area (Å²) in [6.07, 6.45) is 0.840. The second-order valence-electron chi connectivity index (χ2n) is 4.71. The number of carbonyl (C=O) groups is 3. The van der Waals surface area contributed by atoms with E-state index < -0.39 is 17.6 Å². The lowest BCUT2D eigenvalue weighted by atomic mass is 9.96. The molecule has 6 heteroatoms. The second-order valence-corrected chi connectivity index (χ2v) is 4.71. The normalized spacial score (nSPS) is 13.6. The van der Waals surface area contributed by atoms with Crippen LogP contribution in [0.1, 0.15) is 41.6 Å². The maximum Gasteiger partial charge on any atom is 0.303 e. The standard InChI is InChI=1S/C14H14FNO4/c15-10-7-11-8(4-5-13(18)16-11)6-9(10)12(17)2-1-3-14(19)20/h6-7H,1-5H2,(H,16,18)(H,19,20). The van der Waals surface area contributed by atoms with Crippen LogP contribution in [0.25, 0.3) is 0 Å². The van der Waals surface area contributed by atoms with Crippen LogP contribution in [-0.2, 0) is 16.0 Å². The Balaban J connectivity index is 2.14. The quantitative estimate of drug-likeness (QED) is 0.809. The number of amides is 1. The molecule has 20 heavy (non-hydrogen) atoms. The lowest BCUT2D eigenvalue weighted by Gasteiger charge is -2.17. The summed E-state index contributed by atoms with van der Waals surface area (Å²) in [6, 6.07) is 2.60. The highest BCUT2D eigenvalue weighted by atomic mass is 19.1. The minimum absolute atomic E-state index is 0.00559. The van der Waals surface area contributed by atoms with Gasteiger partial charge >= 0.3 is 5.97 Å². The molecule has 0 bridgehead atoms. The van der Waals surface area contributed by atoms with E-state index in [0.717, 1.165) is 11.6 Å². The van der Waals surface area contributed by atoms with E-state index in [2.05, 4.69) is 5.32 Å². The van der Waals surface area contributed by atoms with Gasteiger partial charge in [0.1, 0.15) is 5.82 Å². The number of rotatable bonds is 5. The minimum atomic E-state index is -0.980. The molecule has 1 aliphatic rings. The van der Waals surface area contributed by atoms with E-state index in [1.165, 1.54) is 6.07 Å². The van der Waals surface area contributed by atoms with Gasteiger partial charge in [-0.05, 0) is 30.5 Å². The van der Waals surface area contributed by atoms with E-state index in [1.54, 1.807) is 0 Å². The number of nitrogens with one attached hydrogen (secondary N) is 1. The molecule has 0 aliphatic carbocycles. The summed E-state index contributed by atoms with van der Waals surface area (Å²) in [7, 11) is 0. The van der Waals surface area contributed by atoms with Crippen molar-refractivity contribution in [3.63, 3.8) is 0 Å². The highest BCUT2D eigenvalue weighted by Crippen LogP contribution is 2.26. The summed E-state index contributed by atoms with van der Waals surface area (Å²) in [6.45, 7) is 0. The van der Waals surface area contributed by atoms with Gasteiger partial charge in [0.05, 0.1) is 5.56 Å². The number of anilines is 1. The average molecular weight is 279 g/mol. The predicted molar refractivity (Wildman–Crippen MR) is 69.2 cm³/mol. The molecule has 2 rings (SSSR count). The van der Waals surface area contributed by atoms with Crippen LogP contribution in [0.5, 0.6) is 0 Å². The lowest BCUT2D eigenvalue weighted by Crippen LogP contribution is -2.20. The van der Waals surface area contributed by atoms with Crippen molar-refractivity contribution in [2.24, 2.45) is 0 Å². The molecule has 106 valence electrons. The molecule has 0 saturated heterocycles. The van der Waals surface area contributed by atoms with Gasteiger partial charge in [-0.25, -0.2) is 4.39 Å². The van der Waals surface area contributed by atoms with Crippen molar-refractivity contribution in [2.45, 2.75) is 32.1 Å². The maximum absolute atomic E-state index is 13.9. The average Bonchev–Trinajstić information content (AvgIpc) is 2.37. The molecule has 1 aromatic rings. The number of fused-ring (bicyclic) bond motifs is 1. The molecule has 0 radical (unpaired) electrons. The SMILES string of the molecule is O=C(O)CCCC(=O)c1cc2c(cc1F)NC(=O)CC2. The van der Waals surface area contributed by atoms with Crippen LogP contribution < -0.4 is 5.32 Å². The molecule has 1 aliphatic heterocycles. The van der Waals surface area contributed by atoms with Crippen LogP contribution in [0, 0.1) is 5.82 Å². The number of ketones is 1. The highest BCUT2D eigenvalue weighted by molar-refractivity contribution is 5.99. The summed E-state index contributed by atoms with van der Waals surface area (Å²) in [5, 5.41) is 11.1. The Labute approximate surface area is 114 Å². The molecule has 1 aromatic carbocycles. The third kappa shape index (κ3) is 3.20. The fraction of sp³-hybridized carbons (Fsp3) is 0.357. The van der Waals surface area contributed by atoms with Gasteiger partial charge < -0.3 is 10.4 Å². The molecule has 0 saturated carbocycles. The van der Waals surface area contributed by atoms with E-state index in [1.807, 2.05) is 0 Å². The predicted octanol–water partition coefficient (Wildman–Crippen LogP) is 2.15. The topological polar surface area (TPSA) is 83.5 Å². The Morgan fingerprint density at radius 3 is 2.70 bits per heavy atom. The van der Waals surface area contributed by atoms with Gasteiger partial charge in [-0.15, -0.1) is 0 Å². The van der Waals surface area contributed by atoms with Gasteiger partial charge in [0.15, 0.2) is 5.78 Å². The molecule has 0 spiro atoms. The first-order valence-corrected chi connectivity index (χ1v) is 6.34. The van der Waals surface area contributed by atoms with Crippen molar-refractivity contribution >= 4 is 23.3 Å². The van der Waals surface area contributed by atoms with Crippen LogP contribution in [0.4, 0.5) is 10.1 Å². The van der Waals surface area contributed by atoms with Gasteiger partial charge in [-0.3, -0.25) is 14.4 Å². The van der Waals surface area contributed by atoms with Crippen LogP contribution in [0.15, 0.2) is 12.1 Å². The van der Waals surface area contributed by atoms with Gasteiger partial charge in [0.2, 0.25) is 5.91 Å². The van der Waals surface area contributed by atoms with Gasteiger partial charge in [0, 0.05) is 24.9 Å². The minimum Gasteiger partial charge on any atom is -0.481 e. The van der Waals surface area contributed by atoms with Crippen molar-refractivity contribution in [3.05, 3.63) is 29.1 Å². The zero-order valence-electron chi connectivity index (χ0n) is 10.7. The first-order chi connectivity index (χ1) is 9.47. The molecule has 2 N–H and O–H groups in total. The molecule has 0 atom stereocenters. The number of benzene rings is 1. The monoisotopic (exact) mass is 279 g/mol. The summed E-state index contributed by atoms with van der Waals surface area (Å²) >= 11 is 0. The molecule has 1 heterocycles. The molecule has 0 aromatic heterocycles. The van der Waals surface area contributed by atoms with E-state index in [-0.39, 0.29) is 30.7 Å². The fourth-order valence-corrected chi connectivity index (χ4v) is 2.15. The molecular weight excluding hydrogens is 265 g/mol. The van der Waals surface area contributed by atoms with Gasteiger partial charge in [-0.1, -0.05) is 0 Å². The second kappa shape index (κ2) is 5.81. The number of carboxylic acid groups (broad SMARTS) is 1. The third-order valence-electron chi connectivity index (χ3n) is 3.18. The van der Waals surface area contributed by atoms with Crippen molar-refractivity contribution in [2.75, 3.05) is 5.32 Å². The van der Waals surface area contributed by atoms with E-state index in [4.69, 9.17) is 5.11 Å². The van der Waals surface area contributed by atoms with Crippen LogP contribution in [0.3, 0.4) is 0 Å². The van der Waals surface area contributed by atoms with E-state index in [0.29, 0.717) is 18.5 Å². The lowest BCUT2D eigenvalue weighted by molar-refractivity contribution is -0.137. The highest BCUT2D eigenvalue weighted by Gasteiger charge is 2.20. The molecule has 5 nitrogen and oxygen atoms in total. The molecule has 0 fully saturated rings. The van der Waals surface area contributed by atoms with Crippen molar-refractivity contribution in [3.8, 4) is 0 Å². The first-order valence-electron chi connectivity index (χ1n) is 6.34. The third-order valence-corrected chi connectivity index (χ3v) is 3.18. The Kier molecular flexibility index (Phi) is 4.12. The van der Waals surface area contributed by atoms with Crippen molar-refractivity contribution in [1.29, 1.82) is 0 Å². The first kappa shape index (κ1) is 14.2. The zero-order valence-corrected chi connectivity index (χ0v) is 10.7. The number of halogens is 1. The fourth-order valence-electron chi connectivity index (χ4n) is 2.15. The summed E-state index contributed by atoms with van der Waals surface area (Å²) in [5.41, 5.74) is 1.10. The summed E-state index contributed by atoms with van der Waals surface area (Å²) < 4.78 is 13.9. The number of carbonyl (C=O) groups excluding carboxylic acids is 2. The van der Waals surface area contributed by atoms with Crippen LogP contribution in [-0.4, -0.2) is 22.8 Å². The maximum atomic E-state index is 13.9. The Hall–Kier alpha value is -2.24. The number of Topliss-reactive ketones (excluding diaryl/α,β-unsaturated/α-hetero) is 1. The molecule has 1 amide bonds.